The molecule has 1 aromatic carbocycles. The molecule has 0 spiro atoms. The lowest BCUT2D eigenvalue weighted by molar-refractivity contribution is -0.385. The monoisotopic (exact) mass is 239 g/mol. The summed E-state index contributed by atoms with van der Waals surface area (Å²) in [5, 5.41) is 19.5. The van der Waals surface area contributed by atoms with Crippen LogP contribution in [0, 0.1) is 10.1 Å². The fourth-order valence-corrected chi connectivity index (χ4v) is 1.34. The summed E-state index contributed by atoms with van der Waals surface area (Å²) >= 11 is 0. The van der Waals surface area contributed by atoms with Crippen LogP contribution in [0.3, 0.4) is 0 Å². The van der Waals surface area contributed by atoms with Gasteiger partial charge in [0.25, 0.3) is 11.6 Å². The van der Waals surface area contributed by atoms with Gasteiger partial charge in [0, 0.05) is 25.3 Å². The molecule has 0 aliphatic heterocycles. The Balaban J connectivity index is 3.15. The second kappa shape index (κ2) is 5.26. The molecule has 0 unspecified atom stereocenters. The molecule has 0 heterocycles. The van der Waals surface area contributed by atoms with Crippen molar-refractivity contribution in [2.24, 2.45) is 0 Å². The van der Waals surface area contributed by atoms with Crippen molar-refractivity contribution in [3.8, 4) is 0 Å². The molecule has 7 nitrogen and oxygen atoms in total. The zero-order chi connectivity index (χ0) is 13.0. The number of nitro groups is 1. The van der Waals surface area contributed by atoms with Gasteiger partial charge in [0.1, 0.15) is 5.56 Å². The molecule has 0 atom stereocenters. The van der Waals surface area contributed by atoms with Crippen molar-refractivity contribution in [3.05, 3.63) is 33.9 Å². The highest BCUT2D eigenvalue weighted by Gasteiger charge is 2.22. The first-order chi connectivity index (χ1) is 7.97. The highest BCUT2D eigenvalue weighted by Crippen LogP contribution is 2.22. The predicted octanol–water partition coefficient (Wildman–Crippen LogP) is 0.241. The number of nitrogens with two attached hydrogens (primary N) is 1. The van der Waals surface area contributed by atoms with Gasteiger partial charge in [0.05, 0.1) is 11.5 Å². The minimum absolute atomic E-state index is 0.0778. The van der Waals surface area contributed by atoms with Gasteiger partial charge in [-0.2, -0.15) is 0 Å². The lowest BCUT2D eigenvalue weighted by Crippen LogP contribution is -2.30. The maximum absolute atomic E-state index is 11.9. The highest BCUT2D eigenvalue weighted by atomic mass is 16.6. The number of benzene rings is 1. The third-order valence-electron chi connectivity index (χ3n) is 2.23. The summed E-state index contributed by atoms with van der Waals surface area (Å²) in [4.78, 5) is 23.2. The first-order valence-electron chi connectivity index (χ1n) is 4.87. The molecular formula is C10H13N3O4. The molecule has 92 valence electrons. The van der Waals surface area contributed by atoms with Gasteiger partial charge in [-0.1, -0.05) is 0 Å². The van der Waals surface area contributed by atoms with Gasteiger partial charge in [-0.25, -0.2) is 0 Å². The average molecular weight is 239 g/mol. The Kier molecular flexibility index (Phi) is 4.00. The van der Waals surface area contributed by atoms with Crippen LogP contribution in [0.1, 0.15) is 10.4 Å². The second-order valence-electron chi connectivity index (χ2n) is 3.48. The molecule has 0 aliphatic carbocycles. The number of aliphatic hydroxyl groups is 1. The Bertz CT molecular complexity index is 447. The molecule has 0 bridgehead atoms. The van der Waals surface area contributed by atoms with E-state index in [9.17, 15) is 14.9 Å². The molecule has 0 radical (unpaired) electrons. The van der Waals surface area contributed by atoms with Crippen LogP contribution < -0.4 is 5.73 Å². The molecule has 0 fully saturated rings. The standard InChI is InChI=1S/C10H13N3O4/c1-12(4-5-14)10(15)8-6-7(11)2-3-9(8)13(16)17/h2-3,6,14H,4-5,11H2,1H3. The van der Waals surface area contributed by atoms with Crippen LogP contribution in [0.4, 0.5) is 11.4 Å². The van der Waals surface area contributed by atoms with Crippen molar-refractivity contribution < 1.29 is 14.8 Å². The fraction of sp³-hybridized carbons (Fsp3) is 0.300. The maximum atomic E-state index is 11.9. The van der Waals surface area contributed by atoms with E-state index < -0.39 is 10.8 Å². The van der Waals surface area contributed by atoms with Crippen molar-refractivity contribution in [2.75, 3.05) is 25.9 Å². The van der Waals surface area contributed by atoms with E-state index in [-0.39, 0.29) is 30.1 Å². The Morgan fingerprint density at radius 3 is 2.76 bits per heavy atom. The van der Waals surface area contributed by atoms with E-state index >= 15 is 0 Å². The molecule has 17 heavy (non-hydrogen) atoms. The molecule has 0 aliphatic rings. The molecule has 1 aromatic rings. The number of nitrogens with zero attached hydrogens (tertiary/aromatic N) is 2. The summed E-state index contributed by atoms with van der Waals surface area (Å²) in [6.07, 6.45) is 0. The van der Waals surface area contributed by atoms with Crippen LogP contribution >= 0.6 is 0 Å². The van der Waals surface area contributed by atoms with E-state index in [4.69, 9.17) is 10.8 Å². The Morgan fingerprint density at radius 2 is 2.24 bits per heavy atom. The van der Waals surface area contributed by atoms with E-state index in [2.05, 4.69) is 0 Å². The molecule has 0 aromatic heterocycles. The Labute approximate surface area is 97.6 Å². The van der Waals surface area contributed by atoms with E-state index in [1.54, 1.807) is 0 Å². The lowest BCUT2D eigenvalue weighted by Gasteiger charge is -2.15. The zero-order valence-corrected chi connectivity index (χ0v) is 9.29. The molecule has 3 N–H and O–H groups in total. The first-order valence-corrected chi connectivity index (χ1v) is 4.87. The molecule has 0 saturated carbocycles. The molecular weight excluding hydrogens is 226 g/mol. The average Bonchev–Trinajstić information content (AvgIpc) is 2.27. The number of carbonyl (C=O) groups is 1. The van der Waals surface area contributed by atoms with Crippen LogP contribution in [0.15, 0.2) is 18.2 Å². The highest BCUT2D eigenvalue weighted by molar-refractivity contribution is 5.98. The minimum Gasteiger partial charge on any atom is -0.399 e. The van der Waals surface area contributed by atoms with Crippen molar-refractivity contribution >= 4 is 17.3 Å². The summed E-state index contributed by atoms with van der Waals surface area (Å²) in [7, 11) is 1.45. The number of hydrogen-bond acceptors (Lipinski definition) is 5. The number of nitrogen functional groups attached to an aromatic ring is 1. The summed E-state index contributed by atoms with van der Waals surface area (Å²) < 4.78 is 0. The quantitative estimate of drug-likeness (QED) is 0.444. The number of rotatable bonds is 4. The van der Waals surface area contributed by atoms with E-state index in [1.807, 2.05) is 0 Å². The molecule has 0 saturated heterocycles. The topological polar surface area (TPSA) is 110 Å². The van der Waals surface area contributed by atoms with E-state index in [0.29, 0.717) is 0 Å². The number of amides is 1. The maximum Gasteiger partial charge on any atom is 0.282 e. The van der Waals surface area contributed by atoms with Gasteiger partial charge >= 0.3 is 0 Å². The largest absolute Gasteiger partial charge is 0.399 e. The zero-order valence-electron chi connectivity index (χ0n) is 9.29. The van der Waals surface area contributed by atoms with Gasteiger partial charge < -0.3 is 15.7 Å². The van der Waals surface area contributed by atoms with Crippen molar-refractivity contribution in [2.45, 2.75) is 0 Å². The van der Waals surface area contributed by atoms with Gasteiger partial charge in [0.15, 0.2) is 0 Å². The van der Waals surface area contributed by atoms with Crippen LogP contribution in [0.2, 0.25) is 0 Å². The number of aliphatic hydroxyl groups excluding tert-OH is 1. The summed E-state index contributed by atoms with van der Waals surface area (Å²) in [5.41, 5.74) is 5.40. The smallest absolute Gasteiger partial charge is 0.282 e. The van der Waals surface area contributed by atoms with Gasteiger partial charge in [-0.05, 0) is 12.1 Å². The van der Waals surface area contributed by atoms with Crippen LogP contribution in [-0.2, 0) is 0 Å². The van der Waals surface area contributed by atoms with Crippen molar-refractivity contribution in [1.29, 1.82) is 0 Å². The number of nitro benzene ring substituents is 1. The molecule has 1 rings (SSSR count). The van der Waals surface area contributed by atoms with Gasteiger partial charge in [-0.15, -0.1) is 0 Å². The summed E-state index contributed by atoms with van der Waals surface area (Å²) in [6, 6.07) is 3.81. The Hall–Kier alpha value is -2.15. The first kappa shape index (κ1) is 12.9. The van der Waals surface area contributed by atoms with Crippen LogP contribution in [0.25, 0.3) is 0 Å². The normalized spacial score (nSPS) is 10.0. The number of likely N-dealkylation sites (N-methyl/N-ethyl adjacent to an activating group) is 1. The van der Waals surface area contributed by atoms with Crippen LogP contribution in [0.5, 0.6) is 0 Å². The predicted molar refractivity (Wildman–Crippen MR) is 61.6 cm³/mol. The second-order valence-corrected chi connectivity index (χ2v) is 3.48. The number of hydrogen-bond donors (Lipinski definition) is 2. The van der Waals surface area contributed by atoms with Gasteiger partial charge in [-0.3, -0.25) is 14.9 Å². The van der Waals surface area contributed by atoms with Crippen molar-refractivity contribution in [1.82, 2.24) is 4.90 Å². The third-order valence-corrected chi connectivity index (χ3v) is 2.23. The number of carbonyl (C=O) groups excluding carboxylic acids is 1. The third kappa shape index (κ3) is 2.91. The number of anilines is 1. The van der Waals surface area contributed by atoms with Crippen LogP contribution in [-0.4, -0.2) is 41.0 Å². The summed E-state index contributed by atoms with van der Waals surface area (Å²) in [6.45, 7) is -0.108. The molecule has 1 amide bonds. The Morgan fingerprint density at radius 1 is 1.59 bits per heavy atom. The van der Waals surface area contributed by atoms with E-state index in [1.165, 1.54) is 30.1 Å². The minimum atomic E-state index is -0.639. The van der Waals surface area contributed by atoms with Crippen molar-refractivity contribution in [3.63, 3.8) is 0 Å². The van der Waals surface area contributed by atoms with Gasteiger partial charge in [0.2, 0.25) is 0 Å². The molecule has 7 heteroatoms. The lowest BCUT2D eigenvalue weighted by atomic mass is 10.1. The SMILES string of the molecule is CN(CCO)C(=O)c1cc(N)ccc1[N+](=O)[O-]. The fourth-order valence-electron chi connectivity index (χ4n) is 1.34. The summed E-state index contributed by atoms with van der Waals surface area (Å²) in [5.74, 6) is -0.543. The van der Waals surface area contributed by atoms with E-state index in [0.717, 1.165) is 0 Å².